The van der Waals surface area contributed by atoms with Crippen LogP contribution in [0.5, 0.6) is 5.75 Å². The highest BCUT2D eigenvalue weighted by Gasteiger charge is 2.19. The van der Waals surface area contributed by atoms with Gasteiger partial charge in [-0.1, -0.05) is 37.5 Å². The number of nitrogens with zero attached hydrogens (tertiary/aromatic N) is 1. The lowest BCUT2D eigenvalue weighted by atomic mass is 9.83. The lowest BCUT2D eigenvalue weighted by molar-refractivity contribution is 0.416. The van der Waals surface area contributed by atoms with Crippen molar-refractivity contribution >= 4 is 10.9 Å². The summed E-state index contributed by atoms with van der Waals surface area (Å²) in [4.78, 5) is 4.29. The number of phenolic OH excluding ortho intramolecular Hbond substituents is 1. The van der Waals surface area contributed by atoms with E-state index in [-0.39, 0.29) is 0 Å². The van der Waals surface area contributed by atoms with Crippen molar-refractivity contribution in [2.24, 2.45) is 0 Å². The summed E-state index contributed by atoms with van der Waals surface area (Å²) in [6.07, 6.45) is 8.04. The first kappa shape index (κ1) is 10.6. The van der Waals surface area contributed by atoms with Crippen molar-refractivity contribution in [1.82, 2.24) is 4.98 Å². The number of hydrogen-bond acceptors (Lipinski definition) is 2. The second kappa shape index (κ2) is 4.36. The van der Waals surface area contributed by atoms with Gasteiger partial charge in [-0.15, -0.1) is 0 Å². The fourth-order valence-corrected chi connectivity index (χ4v) is 2.89. The van der Waals surface area contributed by atoms with E-state index in [4.69, 9.17) is 0 Å². The summed E-state index contributed by atoms with van der Waals surface area (Å²) in [5.74, 6) is 0.921. The Bertz CT molecular complexity index is 529. The zero-order valence-corrected chi connectivity index (χ0v) is 9.89. The number of aromatic hydroxyl groups is 1. The largest absolute Gasteiger partial charge is 0.505 e. The Hall–Kier alpha value is -1.57. The second-order valence-electron chi connectivity index (χ2n) is 4.91. The molecule has 17 heavy (non-hydrogen) atoms. The van der Waals surface area contributed by atoms with Crippen molar-refractivity contribution in [2.75, 3.05) is 0 Å². The molecule has 2 heteroatoms. The van der Waals surface area contributed by atoms with Crippen LogP contribution in [0.25, 0.3) is 10.9 Å². The normalized spacial score (nSPS) is 17.4. The maximum atomic E-state index is 10.3. The molecule has 1 aromatic carbocycles. The molecule has 2 aromatic rings. The summed E-state index contributed by atoms with van der Waals surface area (Å²) >= 11 is 0. The third-order valence-electron chi connectivity index (χ3n) is 3.82. The number of aromatic nitrogens is 1. The van der Waals surface area contributed by atoms with Crippen molar-refractivity contribution in [3.63, 3.8) is 0 Å². The van der Waals surface area contributed by atoms with Gasteiger partial charge < -0.3 is 5.11 Å². The summed E-state index contributed by atoms with van der Waals surface area (Å²) in [5.41, 5.74) is 1.84. The smallest absolute Gasteiger partial charge is 0.145 e. The highest BCUT2D eigenvalue weighted by Crippen LogP contribution is 2.39. The molecule has 0 radical (unpaired) electrons. The van der Waals surface area contributed by atoms with Crippen molar-refractivity contribution in [1.29, 1.82) is 0 Å². The molecule has 1 saturated carbocycles. The summed E-state index contributed by atoms with van der Waals surface area (Å²) < 4.78 is 0. The Kier molecular flexibility index (Phi) is 2.71. The minimum atomic E-state index is 0.398. The standard InChI is InChI=1S/C15H17NO/c17-15-13(11-5-2-1-3-6-11)9-8-12-7-4-10-16-14(12)15/h4,7-11,17H,1-3,5-6H2. The lowest BCUT2D eigenvalue weighted by Gasteiger charge is -2.23. The van der Waals surface area contributed by atoms with E-state index in [1.54, 1.807) is 6.20 Å². The average Bonchev–Trinajstić information content (AvgIpc) is 2.40. The predicted molar refractivity (Wildman–Crippen MR) is 69.2 cm³/mol. The van der Waals surface area contributed by atoms with Gasteiger partial charge in [-0.05, 0) is 30.4 Å². The molecule has 1 N–H and O–H groups in total. The van der Waals surface area contributed by atoms with Crippen LogP contribution in [0.15, 0.2) is 30.5 Å². The summed E-state index contributed by atoms with van der Waals surface area (Å²) in [6.45, 7) is 0. The quantitative estimate of drug-likeness (QED) is 0.799. The van der Waals surface area contributed by atoms with Crippen molar-refractivity contribution in [3.05, 3.63) is 36.0 Å². The van der Waals surface area contributed by atoms with Crippen LogP contribution in [0.4, 0.5) is 0 Å². The molecular formula is C15H17NO. The van der Waals surface area contributed by atoms with Crippen molar-refractivity contribution in [3.8, 4) is 5.75 Å². The van der Waals surface area contributed by atoms with Crippen molar-refractivity contribution in [2.45, 2.75) is 38.0 Å². The lowest BCUT2D eigenvalue weighted by Crippen LogP contribution is -2.04. The van der Waals surface area contributed by atoms with Gasteiger partial charge in [-0.25, -0.2) is 0 Å². The van der Waals surface area contributed by atoms with Gasteiger partial charge in [0.05, 0.1) is 0 Å². The zero-order chi connectivity index (χ0) is 11.7. The number of pyridine rings is 1. The van der Waals surface area contributed by atoms with Gasteiger partial charge in [0.25, 0.3) is 0 Å². The van der Waals surface area contributed by atoms with Crippen LogP contribution < -0.4 is 0 Å². The summed E-state index contributed by atoms with van der Waals surface area (Å²) in [7, 11) is 0. The first-order chi connectivity index (χ1) is 8.36. The van der Waals surface area contributed by atoms with E-state index >= 15 is 0 Å². The van der Waals surface area contributed by atoms with E-state index in [0.717, 1.165) is 16.5 Å². The molecule has 0 spiro atoms. The zero-order valence-electron chi connectivity index (χ0n) is 9.89. The third kappa shape index (κ3) is 1.88. The van der Waals surface area contributed by atoms with E-state index in [0.29, 0.717) is 11.7 Å². The topological polar surface area (TPSA) is 33.1 Å². The van der Waals surface area contributed by atoms with Gasteiger partial charge in [-0.2, -0.15) is 0 Å². The molecule has 0 atom stereocenters. The molecule has 1 heterocycles. The molecule has 0 saturated heterocycles. The van der Waals surface area contributed by atoms with Crippen LogP contribution in [0, 0.1) is 0 Å². The summed E-state index contributed by atoms with van der Waals surface area (Å²) in [6, 6.07) is 8.05. The van der Waals surface area contributed by atoms with Crippen LogP contribution >= 0.6 is 0 Å². The minimum Gasteiger partial charge on any atom is -0.505 e. The Labute approximate surface area is 101 Å². The van der Waals surface area contributed by atoms with Crippen LogP contribution in [0.1, 0.15) is 43.6 Å². The third-order valence-corrected chi connectivity index (χ3v) is 3.82. The van der Waals surface area contributed by atoms with Crippen LogP contribution in [-0.2, 0) is 0 Å². The highest BCUT2D eigenvalue weighted by atomic mass is 16.3. The van der Waals surface area contributed by atoms with E-state index < -0.39 is 0 Å². The maximum Gasteiger partial charge on any atom is 0.145 e. The molecule has 88 valence electrons. The molecule has 1 aliphatic rings. The second-order valence-corrected chi connectivity index (χ2v) is 4.91. The van der Waals surface area contributed by atoms with Crippen LogP contribution in [0.2, 0.25) is 0 Å². The fourth-order valence-electron chi connectivity index (χ4n) is 2.89. The SMILES string of the molecule is Oc1c(C2CCCCC2)ccc2cccnc12. The number of benzene rings is 1. The van der Waals surface area contributed by atoms with Gasteiger partial charge in [0, 0.05) is 11.6 Å². The Morgan fingerprint density at radius 3 is 2.71 bits per heavy atom. The van der Waals surface area contributed by atoms with E-state index in [2.05, 4.69) is 17.1 Å². The molecule has 0 aliphatic heterocycles. The van der Waals surface area contributed by atoms with Gasteiger partial charge in [0.2, 0.25) is 0 Å². The first-order valence-corrected chi connectivity index (χ1v) is 6.43. The monoisotopic (exact) mass is 227 g/mol. The minimum absolute atomic E-state index is 0.398. The molecule has 3 rings (SSSR count). The Balaban J connectivity index is 2.07. The van der Waals surface area contributed by atoms with E-state index in [1.165, 1.54) is 32.1 Å². The van der Waals surface area contributed by atoms with Crippen LogP contribution in [-0.4, -0.2) is 10.1 Å². The Morgan fingerprint density at radius 1 is 1.06 bits per heavy atom. The van der Waals surface area contributed by atoms with Gasteiger partial charge >= 0.3 is 0 Å². The van der Waals surface area contributed by atoms with Gasteiger partial charge in [-0.3, -0.25) is 4.98 Å². The fraction of sp³-hybridized carbons (Fsp3) is 0.400. The molecule has 1 fully saturated rings. The molecule has 2 nitrogen and oxygen atoms in total. The number of fused-ring (bicyclic) bond motifs is 1. The Morgan fingerprint density at radius 2 is 1.88 bits per heavy atom. The van der Waals surface area contributed by atoms with E-state index in [1.807, 2.05) is 12.1 Å². The summed E-state index contributed by atoms with van der Waals surface area (Å²) in [5, 5.41) is 11.4. The molecule has 1 aliphatic carbocycles. The van der Waals surface area contributed by atoms with Crippen molar-refractivity contribution < 1.29 is 5.11 Å². The molecule has 0 unspecified atom stereocenters. The van der Waals surface area contributed by atoms with Gasteiger partial charge in [0.1, 0.15) is 11.3 Å². The molecule has 0 bridgehead atoms. The highest BCUT2D eigenvalue weighted by molar-refractivity contribution is 5.85. The molecular weight excluding hydrogens is 210 g/mol. The number of hydrogen-bond donors (Lipinski definition) is 1. The molecule has 1 aromatic heterocycles. The predicted octanol–water partition coefficient (Wildman–Crippen LogP) is 3.99. The molecule has 0 amide bonds. The average molecular weight is 227 g/mol. The number of rotatable bonds is 1. The van der Waals surface area contributed by atoms with E-state index in [9.17, 15) is 5.11 Å². The van der Waals surface area contributed by atoms with Crippen LogP contribution in [0.3, 0.4) is 0 Å². The first-order valence-electron chi connectivity index (χ1n) is 6.43. The number of phenols is 1. The van der Waals surface area contributed by atoms with Gasteiger partial charge in [0.15, 0.2) is 0 Å². The maximum absolute atomic E-state index is 10.3.